The molecule has 0 spiro atoms. The second kappa shape index (κ2) is 8.68. The molecule has 1 amide bonds. The molecule has 0 bridgehead atoms. The highest BCUT2D eigenvalue weighted by atomic mass is 32.1. The zero-order valence-corrected chi connectivity index (χ0v) is 16.4. The zero-order chi connectivity index (χ0) is 19.2. The Hall–Kier alpha value is -2.86. The number of rotatable bonds is 7. The van der Waals surface area contributed by atoms with Gasteiger partial charge in [0.2, 0.25) is 0 Å². The molecule has 0 aliphatic rings. The van der Waals surface area contributed by atoms with Crippen molar-refractivity contribution in [3.8, 4) is 22.1 Å². The number of aromatic nitrogens is 1. The van der Waals surface area contributed by atoms with Gasteiger partial charge in [-0.05, 0) is 25.1 Å². The number of carbonyl (C=O) groups excluding carboxylic acids is 1. The number of hydrogen-bond acceptors (Lipinski definition) is 5. The third-order valence-corrected chi connectivity index (χ3v) is 5.10. The Kier molecular flexibility index (Phi) is 6.08. The summed E-state index contributed by atoms with van der Waals surface area (Å²) in [7, 11) is 3.11. The molecule has 0 saturated heterocycles. The predicted octanol–water partition coefficient (Wildman–Crippen LogP) is 4.11. The van der Waals surface area contributed by atoms with Gasteiger partial charge < -0.3 is 14.8 Å². The van der Waals surface area contributed by atoms with E-state index in [0.29, 0.717) is 30.0 Å². The molecule has 0 fully saturated rings. The molecule has 0 radical (unpaired) electrons. The molecule has 1 heterocycles. The van der Waals surface area contributed by atoms with E-state index in [9.17, 15) is 4.79 Å². The largest absolute Gasteiger partial charge is 0.493 e. The minimum Gasteiger partial charge on any atom is -0.493 e. The van der Waals surface area contributed by atoms with Crippen molar-refractivity contribution in [1.82, 2.24) is 10.3 Å². The van der Waals surface area contributed by atoms with Crippen LogP contribution in [0.1, 0.15) is 21.6 Å². The van der Waals surface area contributed by atoms with Crippen LogP contribution in [0.15, 0.2) is 47.8 Å². The fourth-order valence-corrected chi connectivity index (χ4v) is 3.49. The molecule has 0 atom stereocenters. The molecule has 6 heteroatoms. The minimum absolute atomic E-state index is 0.148. The number of nitrogens with zero attached hydrogens (tertiary/aromatic N) is 1. The monoisotopic (exact) mass is 382 g/mol. The van der Waals surface area contributed by atoms with Crippen molar-refractivity contribution < 1.29 is 14.3 Å². The molecule has 27 heavy (non-hydrogen) atoms. The molecule has 1 aromatic heterocycles. The first-order valence-electron chi connectivity index (χ1n) is 8.62. The Morgan fingerprint density at radius 3 is 2.52 bits per heavy atom. The number of benzene rings is 2. The summed E-state index contributed by atoms with van der Waals surface area (Å²) >= 11 is 1.62. The molecule has 0 unspecified atom stereocenters. The highest BCUT2D eigenvalue weighted by Gasteiger charge is 2.11. The Labute approximate surface area is 163 Å². The lowest BCUT2D eigenvalue weighted by molar-refractivity contribution is 0.0953. The maximum Gasteiger partial charge on any atom is 0.251 e. The lowest BCUT2D eigenvalue weighted by atomic mass is 10.1. The van der Waals surface area contributed by atoms with Gasteiger partial charge in [0.1, 0.15) is 5.01 Å². The second-order valence-corrected chi connectivity index (χ2v) is 6.94. The molecule has 5 nitrogen and oxygen atoms in total. The van der Waals surface area contributed by atoms with Crippen LogP contribution in [0.5, 0.6) is 11.5 Å². The quantitative estimate of drug-likeness (QED) is 0.668. The SMILES string of the molecule is COc1ccc(C(=O)NCCc2csc(-c3ccc(C)cc3)n2)cc1OC. The summed E-state index contributed by atoms with van der Waals surface area (Å²) in [6.07, 6.45) is 0.682. The highest BCUT2D eigenvalue weighted by Crippen LogP contribution is 2.27. The molecular weight excluding hydrogens is 360 g/mol. The average molecular weight is 382 g/mol. The van der Waals surface area contributed by atoms with Crippen molar-refractivity contribution in [3.05, 3.63) is 64.7 Å². The van der Waals surface area contributed by atoms with E-state index in [2.05, 4.69) is 41.5 Å². The Morgan fingerprint density at radius 2 is 1.81 bits per heavy atom. The number of methoxy groups -OCH3 is 2. The van der Waals surface area contributed by atoms with Gasteiger partial charge in [-0.2, -0.15) is 0 Å². The van der Waals surface area contributed by atoms with E-state index in [4.69, 9.17) is 9.47 Å². The number of hydrogen-bond donors (Lipinski definition) is 1. The topological polar surface area (TPSA) is 60.5 Å². The number of ether oxygens (including phenoxy) is 2. The number of carbonyl (C=O) groups is 1. The van der Waals surface area contributed by atoms with Crippen LogP contribution < -0.4 is 14.8 Å². The zero-order valence-electron chi connectivity index (χ0n) is 15.6. The lowest BCUT2D eigenvalue weighted by Gasteiger charge is -2.09. The van der Waals surface area contributed by atoms with Crippen molar-refractivity contribution in [2.24, 2.45) is 0 Å². The molecule has 0 saturated carbocycles. The molecule has 3 aromatic rings. The number of aryl methyl sites for hydroxylation is 1. The standard InChI is InChI=1S/C21H22N2O3S/c1-14-4-6-15(7-5-14)21-23-17(13-27-21)10-11-22-20(24)16-8-9-18(25-2)19(12-16)26-3/h4-9,12-13H,10-11H2,1-3H3,(H,22,24). The van der Waals surface area contributed by atoms with E-state index in [0.717, 1.165) is 16.3 Å². The van der Waals surface area contributed by atoms with Gasteiger partial charge in [0.15, 0.2) is 11.5 Å². The molecule has 140 valence electrons. The Bertz CT molecular complexity index is 919. The molecule has 0 aliphatic heterocycles. The maximum absolute atomic E-state index is 12.3. The summed E-state index contributed by atoms with van der Waals surface area (Å²) in [4.78, 5) is 17.0. The van der Waals surface area contributed by atoms with Gasteiger partial charge in [-0.1, -0.05) is 29.8 Å². The van der Waals surface area contributed by atoms with Crippen LogP contribution in [-0.2, 0) is 6.42 Å². The van der Waals surface area contributed by atoms with Crippen LogP contribution in [0.3, 0.4) is 0 Å². The summed E-state index contributed by atoms with van der Waals surface area (Å²) in [6.45, 7) is 2.59. The molecule has 2 aromatic carbocycles. The van der Waals surface area contributed by atoms with Gasteiger partial charge in [-0.3, -0.25) is 4.79 Å². The third-order valence-electron chi connectivity index (χ3n) is 4.16. The van der Waals surface area contributed by atoms with Crippen molar-refractivity contribution in [2.75, 3.05) is 20.8 Å². The van der Waals surface area contributed by atoms with E-state index in [1.165, 1.54) is 5.56 Å². The first-order valence-corrected chi connectivity index (χ1v) is 9.50. The van der Waals surface area contributed by atoms with Crippen molar-refractivity contribution >= 4 is 17.2 Å². The van der Waals surface area contributed by atoms with Crippen LogP contribution in [0.25, 0.3) is 10.6 Å². The van der Waals surface area contributed by atoms with Gasteiger partial charge in [-0.25, -0.2) is 4.98 Å². The average Bonchev–Trinajstić information content (AvgIpc) is 3.16. The summed E-state index contributed by atoms with van der Waals surface area (Å²) in [5, 5.41) is 5.96. The summed E-state index contributed by atoms with van der Waals surface area (Å²) in [5.41, 5.74) is 3.86. The molecule has 3 rings (SSSR count). The van der Waals surface area contributed by atoms with E-state index in [-0.39, 0.29) is 5.91 Å². The van der Waals surface area contributed by atoms with Crippen molar-refractivity contribution in [3.63, 3.8) is 0 Å². The van der Waals surface area contributed by atoms with E-state index in [1.807, 2.05) is 5.38 Å². The predicted molar refractivity (Wildman–Crippen MR) is 108 cm³/mol. The highest BCUT2D eigenvalue weighted by molar-refractivity contribution is 7.13. The number of amides is 1. The number of nitrogens with one attached hydrogen (secondary N) is 1. The van der Waals surface area contributed by atoms with E-state index < -0.39 is 0 Å². The van der Waals surface area contributed by atoms with Crippen molar-refractivity contribution in [2.45, 2.75) is 13.3 Å². The first-order chi connectivity index (χ1) is 13.1. The Balaban J connectivity index is 1.57. The maximum atomic E-state index is 12.3. The van der Waals surface area contributed by atoms with E-state index >= 15 is 0 Å². The molecule has 0 aliphatic carbocycles. The van der Waals surface area contributed by atoms with Gasteiger partial charge in [0.25, 0.3) is 5.91 Å². The normalized spacial score (nSPS) is 10.5. The van der Waals surface area contributed by atoms with Crippen LogP contribution in [0, 0.1) is 6.92 Å². The Morgan fingerprint density at radius 1 is 1.07 bits per heavy atom. The van der Waals surface area contributed by atoms with Crippen LogP contribution in [0.2, 0.25) is 0 Å². The lowest BCUT2D eigenvalue weighted by Crippen LogP contribution is -2.25. The molecule has 1 N–H and O–H groups in total. The van der Waals surface area contributed by atoms with Crippen LogP contribution >= 0.6 is 11.3 Å². The second-order valence-electron chi connectivity index (χ2n) is 6.09. The fraction of sp³-hybridized carbons (Fsp3) is 0.238. The summed E-state index contributed by atoms with van der Waals surface area (Å²) in [6, 6.07) is 13.4. The smallest absolute Gasteiger partial charge is 0.251 e. The summed E-state index contributed by atoms with van der Waals surface area (Å²) < 4.78 is 10.4. The van der Waals surface area contributed by atoms with Crippen LogP contribution in [0.4, 0.5) is 0 Å². The van der Waals surface area contributed by atoms with Crippen LogP contribution in [-0.4, -0.2) is 31.7 Å². The number of thiazole rings is 1. The van der Waals surface area contributed by atoms with Gasteiger partial charge in [0, 0.05) is 29.5 Å². The van der Waals surface area contributed by atoms with Crippen molar-refractivity contribution in [1.29, 1.82) is 0 Å². The van der Waals surface area contributed by atoms with Gasteiger partial charge >= 0.3 is 0 Å². The summed E-state index contributed by atoms with van der Waals surface area (Å²) in [5.74, 6) is 0.984. The minimum atomic E-state index is -0.148. The molecular formula is C21H22N2O3S. The van der Waals surface area contributed by atoms with E-state index in [1.54, 1.807) is 43.8 Å². The fourth-order valence-electron chi connectivity index (χ4n) is 2.63. The first kappa shape index (κ1) is 18.9. The van der Waals surface area contributed by atoms with Gasteiger partial charge in [-0.15, -0.1) is 11.3 Å². The van der Waals surface area contributed by atoms with Gasteiger partial charge in [0.05, 0.1) is 19.9 Å². The third kappa shape index (κ3) is 4.65.